The fourth-order valence-electron chi connectivity index (χ4n) is 3.94. The summed E-state index contributed by atoms with van der Waals surface area (Å²) in [5.74, 6) is 0.0534. The SMILES string of the molecule is CCCC(=O)N1CCN(c2ccc(NC(=O)c3ccc4ccccc4c3)cc2Cl)CC1. The van der Waals surface area contributed by atoms with Crippen molar-refractivity contribution in [2.75, 3.05) is 36.4 Å². The summed E-state index contributed by atoms with van der Waals surface area (Å²) in [5, 5.41) is 5.65. The molecule has 6 heteroatoms. The second-order valence-corrected chi connectivity index (χ2v) is 8.21. The maximum atomic E-state index is 12.7. The first-order valence-electron chi connectivity index (χ1n) is 10.7. The molecule has 1 heterocycles. The molecule has 0 radical (unpaired) electrons. The van der Waals surface area contributed by atoms with Crippen molar-refractivity contribution in [1.29, 1.82) is 0 Å². The molecule has 5 nitrogen and oxygen atoms in total. The first-order chi connectivity index (χ1) is 15.0. The lowest BCUT2D eigenvalue weighted by molar-refractivity contribution is -0.131. The third-order valence-electron chi connectivity index (χ3n) is 5.65. The van der Waals surface area contributed by atoms with E-state index in [1.807, 2.05) is 66.4 Å². The van der Waals surface area contributed by atoms with Gasteiger partial charge in [0.2, 0.25) is 5.91 Å². The highest BCUT2D eigenvalue weighted by atomic mass is 35.5. The number of anilines is 2. The molecule has 0 aromatic heterocycles. The molecule has 3 aromatic carbocycles. The molecule has 1 saturated heterocycles. The molecule has 1 aliphatic heterocycles. The van der Waals surface area contributed by atoms with Crippen molar-refractivity contribution in [3.05, 3.63) is 71.2 Å². The number of amides is 2. The molecule has 1 fully saturated rings. The molecule has 0 bridgehead atoms. The van der Waals surface area contributed by atoms with Gasteiger partial charge in [-0.15, -0.1) is 0 Å². The number of fused-ring (bicyclic) bond motifs is 1. The molecule has 0 atom stereocenters. The largest absolute Gasteiger partial charge is 0.367 e. The summed E-state index contributed by atoms with van der Waals surface area (Å²) < 4.78 is 0. The highest BCUT2D eigenvalue weighted by molar-refractivity contribution is 6.33. The van der Waals surface area contributed by atoms with Crippen molar-refractivity contribution < 1.29 is 9.59 Å². The number of halogens is 1. The van der Waals surface area contributed by atoms with E-state index in [0.29, 0.717) is 35.8 Å². The van der Waals surface area contributed by atoms with E-state index >= 15 is 0 Å². The van der Waals surface area contributed by atoms with Crippen molar-refractivity contribution in [1.82, 2.24) is 4.90 Å². The average molecular weight is 436 g/mol. The van der Waals surface area contributed by atoms with E-state index in [1.54, 1.807) is 6.07 Å². The minimum absolute atomic E-state index is 0.169. The number of carbonyl (C=O) groups is 2. The van der Waals surface area contributed by atoms with Crippen LogP contribution in [0.15, 0.2) is 60.7 Å². The van der Waals surface area contributed by atoms with Crippen LogP contribution in [0.2, 0.25) is 5.02 Å². The summed E-state index contributed by atoms with van der Waals surface area (Å²) >= 11 is 6.55. The van der Waals surface area contributed by atoms with Crippen molar-refractivity contribution in [3.8, 4) is 0 Å². The van der Waals surface area contributed by atoms with Crippen LogP contribution in [0.3, 0.4) is 0 Å². The highest BCUT2D eigenvalue weighted by Gasteiger charge is 2.22. The predicted octanol–water partition coefficient (Wildman–Crippen LogP) is 5.19. The molecule has 0 unspecified atom stereocenters. The first kappa shape index (κ1) is 21.2. The van der Waals surface area contributed by atoms with Crippen LogP contribution in [0.4, 0.5) is 11.4 Å². The third-order valence-corrected chi connectivity index (χ3v) is 5.96. The number of carbonyl (C=O) groups excluding carboxylic acids is 2. The maximum absolute atomic E-state index is 12.7. The summed E-state index contributed by atoms with van der Waals surface area (Å²) in [7, 11) is 0. The second-order valence-electron chi connectivity index (χ2n) is 7.80. The fourth-order valence-corrected chi connectivity index (χ4v) is 4.24. The highest BCUT2D eigenvalue weighted by Crippen LogP contribution is 2.30. The Bertz CT molecular complexity index is 1110. The van der Waals surface area contributed by atoms with E-state index in [1.165, 1.54) is 0 Å². The van der Waals surface area contributed by atoms with E-state index < -0.39 is 0 Å². The Labute approximate surface area is 187 Å². The molecule has 31 heavy (non-hydrogen) atoms. The Kier molecular flexibility index (Phi) is 6.42. The van der Waals surface area contributed by atoms with Crippen molar-refractivity contribution in [2.24, 2.45) is 0 Å². The van der Waals surface area contributed by atoms with Crippen LogP contribution in [0.25, 0.3) is 10.8 Å². The van der Waals surface area contributed by atoms with Gasteiger partial charge >= 0.3 is 0 Å². The Morgan fingerprint density at radius 3 is 2.39 bits per heavy atom. The Hall–Kier alpha value is -3.05. The van der Waals surface area contributed by atoms with Gasteiger partial charge in [0, 0.05) is 43.9 Å². The molecule has 1 aliphatic rings. The fraction of sp³-hybridized carbons (Fsp3) is 0.280. The minimum atomic E-state index is -0.169. The number of rotatable bonds is 5. The normalized spacial score (nSPS) is 14.0. The van der Waals surface area contributed by atoms with Gasteiger partial charge in [0.25, 0.3) is 5.91 Å². The van der Waals surface area contributed by atoms with Crippen LogP contribution in [0.5, 0.6) is 0 Å². The third kappa shape index (κ3) is 4.83. The molecule has 0 aliphatic carbocycles. The van der Waals surface area contributed by atoms with E-state index in [4.69, 9.17) is 11.6 Å². The van der Waals surface area contributed by atoms with Crippen LogP contribution in [0, 0.1) is 0 Å². The van der Waals surface area contributed by atoms with Gasteiger partial charge in [-0.1, -0.05) is 48.9 Å². The zero-order valence-electron chi connectivity index (χ0n) is 17.6. The van der Waals surface area contributed by atoms with E-state index in [2.05, 4.69) is 10.2 Å². The Morgan fingerprint density at radius 1 is 0.935 bits per heavy atom. The predicted molar refractivity (Wildman–Crippen MR) is 127 cm³/mol. The van der Waals surface area contributed by atoms with E-state index in [9.17, 15) is 9.59 Å². The number of piperazine rings is 1. The van der Waals surface area contributed by atoms with Crippen molar-refractivity contribution >= 4 is 45.6 Å². The molecule has 0 spiro atoms. The van der Waals surface area contributed by atoms with Gasteiger partial charge in [-0.3, -0.25) is 9.59 Å². The summed E-state index contributed by atoms with van der Waals surface area (Å²) in [5.41, 5.74) is 2.18. The number of hydrogen-bond acceptors (Lipinski definition) is 3. The lowest BCUT2D eigenvalue weighted by Crippen LogP contribution is -2.48. The van der Waals surface area contributed by atoms with E-state index in [-0.39, 0.29) is 11.8 Å². The number of nitrogens with one attached hydrogen (secondary N) is 1. The van der Waals surface area contributed by atoms with Crippen LogP contribution in [-0.4, -0.2) is 42.9 Å². The maximum Gasteiger partial charge on any atom is 0.255 e. The molecular weight excluding hydrogens is 410 g/mol. The van der Waals surface area contributed by atoms with Crippen molar-refractivity contribution in [2.45, 2.75) is 19.8 Å². The Balaban J connectivity index is 1.41. The zero-order chi connectivity index (χ0) is 21.8. The number of benzene rings is 3. The van der Waals surface area contributed by atoms with Gasteiger partial charge in [-0.25, -0.2) is 0 Å². The van der Waals surface area contributed by atoms with Crippen LogP contribution in [-0.2, 0) is 4.79 Å². The topological polar surface area (TPSA) is 52.7 Å². The molecule has 160 valence electrons. The van der Waals surface area contributed by atoms with Gasteiger partial charge in [-0.05, 0) is 47.5 Å². The average Bonchev–Trinajstić information content (AvgIpc) is 2.79. The molecule has 1 N–H and O–H groups in total. The molecular formula is C25H26ClN3O2. The van der Waals surface area contributed by atoms with Crippen molar-refractivity contribution in [3.63, 3.8) is 0 Å². The van der Waals surface area contributed by atoms with Gasteiger partial charge in [0.1, 0.15) is 0 Å². The molecule has 3 aromatic rings. The van der Waals surface area contributed by atoms with E-state index in [0.717, 1.165) is 36.0 Å². The van der Waals surface area contributed by atoms with Gasteiger partial charge < -0.3 is 15.1 Å². The first-order valence-corrected chi connectivity index (χ1v) is 11.1. The van der Waals surface area contributed by atoms with Crippen LogP contribution in [0.1, 0.15) is 30.1 Å². The quantitative estimate of drug-likeness (QED) is 0.599. The summed E-state index contributed by atoms with van der Waals surface area (Å²) in [6.07, 6.45) is 1.48. The number of nitrogens with zero attached hydrogens (tertiary/aromatic N) is 2. The van der Waals surface area contributed by atoms with Gasteiger partial charge in [0.15, 0.2) is 0 Å². The van der Waals surface area contributed by atoms with Gasteiger partial charge in [-0.2, -0.15) is 0 Å². The number of hydrogen-bond donors (Lipinski definition) is 1. The summed E-state index contributed by atoms with van der Waals surface area (Å²) in [6.45, 7) is 4.93. The standard InChI is InChI=1S/C25H26ClN3O2/c1-2-5-24(30)29-14-12-28(13-15-29)23-11-10-21(17-22(23)26)27-25(31)20-9-8-18-6-3-4-7-19(18)16-20/h3-4,6-11,16-17H,2,5,12-15H2,1H3,(H,27,31). The smallest absolute Gasteiger partial charge is 0.255 e. The molecule has 2 amide bonds. The minimum Gasteiger partial charge on any atom is -0.367 e. The Morgan fingerprint density at radius 2 is 1.68 bits per heavy atom. The lowest BCUT2D eigenvalue weighted by Gasteiger charge is -2.36. The molecule has 4 rings (SSSR count). The van der Waals surface area contributed by atoms with Crippen LogP contribution >= 0.6 is 11.6 Å². The summed E-state index contributed by atoms with van der Waals surface area (Å²) in [6, 6.07) is 19.2. The van der Waals surface area contributed by atoms with Gasteiger partial charge in [0.05, 0.1) is 10.7 Å². The molecule has 0 saturated carbocycles. The van der Waals surface area contributed by atoms with Crippen LogP contribution < -0.4 is 10.2 Å². The second kappa shape index (κ2) is 9.40. The lowest BCUT2D eigenvalue weighted by atomic mass is 10.1. The monoisotopic (exact) mass is 435 g/mol. The summed E-state index contributed by atoms with van der Waals surface area (Å²) in [4.78, 5) is 28.9. The zero-order valence-corrected chi connectivity index (χ0v) is 18.4.